The summed E-state index contributed by atoms with van der Waals surface area (Å²) in [6.07, 6.45) is 0. The van der Waals surface area contributed by atoms with Gasteiger partial charge < -0.3 is 20.5 Å². The number of amides is 1. The van der Waals surface area contributed by atoms with E-state index in [4.69, 9.17) is 4.74 Å². The third-order valence-corrected chi connectivity index (χ3v) is 3.95. The van der Waals surface area contributed by atoms with Gasteiger partial charge in [0.05, 0.1) is 0 Å². The van der Waals surface area contributed by atoms with Crippen molar-refractivity contribution in [2.45, 2.75) is 6.92 Å². The van der Waals surface area contributed by atoms with Gasteiger partial charge >= 0.3 is 0 Å². The molecule has 1 radical (unpaired) electrons. The topological polar surface area (TPSA) is 70.6 Å². The van der Waals surface area contributed by atoms with E-state index in [0.717, 1.165) is 5.56 Å². The first kappa shape index (κ1) is 23.7. The molecular formula is C21H16F3N2O3Y-. The summed E-state index contributed by atoms with van der Waals surface area (Å²) in [5.74, 6) is -5.06. The first-order chi connectivity index (χ1) is 13.8. The van der Waals surface area contributed by atoms with Crippen LogP contribution in [0.4, 0.5) is 24.5 Å². The molecule has 0 bridgehead atoms. The van der Waals surface area contributed by atoms with Gasteiger partial charge in [-0.2, -0.15) is 6.07 Å². The number of halogens is 3. The van der Waals surface area contributed by atoms with Gasteiger partial charge in [0.2, 0.25) is 0 Å². The van der Waals surface area contributed by atoms with Crippen LogP contribution < -0.4 is 15.4 Å². The summed E-state index contributed by atoms with van der Waals surface area (Å²) in [6, 6.07) is 13.8. The van der Waals surface area contributed by atoms with Gasteiger partial charge in [-0.3, -0.25) is 4.79 Å². The second-order valence-electron chi connectivity index (χ2n) is 6.13. The maximum atomic E-state index is 13.3. The predicted octanol–water partition coefficient (Wildman–Crippen LogP) is 4.62. The summed E-state index contributed by atoms with van der Waals surface area (Å²) in [7, 11) is 0. The number of anilines is 2. The van der Waals surface area contributed by atoms with E-state index in [1.807, 2.05) is 31.2 Å². The number of aromatic hydroxyl groups is 1. The molecule has 0 fully saturated rings. The van der Waals surface area contributed by atoms with Crippen LogP contribution in [0.5, 0.6) is 11.5 Å². The fraction of sp³-hybridized carbons (Fsp3) is 0.0952. The number of hydrogen-bond acceptors (Lipinski definition) is 4. The molecule has 3 N–H and O–H groups in total. The standard InChI is InChI=1S/C21H16F3N2O3.Y/c1-12-2-5-15(6-3-12)29-11-25-18-7-4-14(10-19(18)27)26-21(28)13-8-16(22)20(24)17(23)9-13;/h2-3,5-10,25,27H,11H2,1H3,(H,26,28);/q-1;. The Morgan fingerprint density at radius 2 is 1.73 bits per heavy atom. The van der Waals surface area contributed by atoms with Crippen LogP contribution in [0.1, 0.15) is 15.9 Å². The smallest absolute Gasteiger partial charge is 0.254 e. The van der Waals surface area contributed by atoms with Crippen molar-refractivity contribution in [2.75, 3.05) is 17.4 Å². The summed E-state index contributed by atoms with van der Waals surface area (Å²) in [6.45, 7) is 2.03. The minimum atomic E-state index is -1.66. The fourth-order valence-electron chi connectivity index (χ4n) is 2.41. The number of phenols is 1. The molecule has 0 aliphatic heterocycles. The van der Waals surface area contributed by atoms with Gasteiger partial charge in [-0.1, -0.05) is 23.4 Å². The van der Waals surface area contributed by atoms with Crippen LogP contribution in [-0.4, -0.2) is 17.7 Å². The number of hydrogen-bond donors (Lipinski definition) is 3. The molecule has 0 atom stereocenters. The van der Waals surface area contributed by atoms with Crippen LogP contribution >= 0.6 is 0 Å². The molecule has 1 amide bonds. The Morgan fingerprint density at radius 1 is 1.10 bits per heavy atom. The zero-order valence-corrected chi connectivity index (χ0v) is 18.6. The van der Waals surface area contributed by atoms with Crippen LogP contribution in [0.15, 0.2) is 48.5 Å². The first-order valence-corrected chi connectivity index (χ1v) is 8.47. The van der Waals surface area contributed by atoms with E-state index in [1.54, 1.807) is 0 Å². The van der Waals surface area contributed by atoms with Crippen LogP contribution in [0.3, 0.4) is 0 Å². The van der Waals surface area contributed by atoms with Crippen molar-refractivity contribution in [1.29, 1.82) is 0 Å². The molecule has 5 nitrogen and oxygen atoms in total. The monoisotopic (exact) mass is 490 g/mol. The second-order valence-corrected chi connectivity index (χ2v) is 6.13. The van der Waals surface area contributed by atoms with E-state index in [2.05, 4.69) is 16.7 Å². The Morgan fingerprint density at radius 3 is 2.33 bits per heavy atom. The quantitative estimate of drug-likeness (QED) is 0.204. The molecule has 0 saturated carbocycles. The molecule has 0 saturated heterocycles. The second kappa shape index (κ2) is 10.5. The molecule has 153 valence electrons. The average Bonchev–Trinajstić information content (AvgIpc) is 2.69. The van der Waals surface area contributed by atoms with E-state index in [1.165, 1.54) is 12.1 Å². The van der Waals surface area contributed by atoms with Crippen molar-refractivity contribution in [3.05, 3.63) is 83.2 Å². The molecule has 0 heterocycles. The summed E-state index contributed by atoms with van der Waals surface area (Å²) >= 11 is 0. The zero-order valence-electron chi connectivity index (χ0n) is 15.8. The first-order valence-electron chi connectivity index (χ1n) is 8.47. The number of aryl methyl sites for hydroxylation is 1. The van der Waals surface area contributed by atoms with Gasteiger partial charge in [0, 0.05) is 44.0 Å². The maximum Gasteiger partial charge on any atom is 0.254 e. The number of carbonyl (C=O) groups excluding carboxylic acids is 1. The van der Waals surface area contributed by atoms with Gasteiger partial charge in [0.15, 0.2) is 17.5 Å². The van der Waals surface area contributed by atoms with Crippen LogP contribution in [-0.2, 0) is 32.7 Å². The molecule has 0 spiro atoms. The third kappa shape index (κ3) is 5.96. The van der Waals surface area contributed by atoms with Crippen LogP contribution in [0.25, 0.3) is 0 Å². The number of carbonyl (C=O) groups is 1. The van der Waals surface area contributed by atoms with Gasteiger partial charge in [-0.25, -0.2) is 13.2 Å². The molecule has 9 heteroatoms. The van der Waals surface area contributed by atoms with Gasteiger partial charge in [0.25, 0.3) is 5.91 Å². The Balaban J connectivity index is 0.00000320. The molecule has 30 heavy (non-hydrogen) atoms. The zero-order chi connectivity index (χ0) is 21.0. The molecule has 3 rings (SSSR count). The molecular weight excluding hydrogens is 474 g/mol. The normalized spacial score (nSPS) is 10.1. The van der Waals surface area contributed by atoms with E-state index >= 15 is 0 Å². The SMILES string of the molecule is Cc1ccc(OCNc2c[c-]c(NC(=O)c3cc(F)c(F)c(F)c3)cc2O)cc1.[Y]. The van der Waals surface area contributed by atoms with Crippen molar-refractivity contribution < 1.29 is 60.5 Å². The van der Waals surface area contributed by atoms with Crippen molar-refractivity contribution in [3.63, 3.8) is 0 Å². The molecule has 0 unspecified atom stereocenters. The number of benzene rings is 3. The maximum absolute atomic E-state index is 13.3. The molecule has 3 aromatic carbocycles. The Labute approximate surface area is 196 Å². The molecule has 0 aliphatic rings. The van der Waals surface area contributed by atoms with Crippen molar-refractivity contribution >= 4 is 17.3 Å². The van der Waals surface area contributed by atoms with Gasteiger partial charge in [-0.15, -0.1) is 12.1 Å². The minimum Gasteiger partial charge on any atom is -0.531 e. The van der Waals surface area contributed by atoms with Gasteiger partial charge in [-0.05, 0) is 36.9 Å². The molecule has 0 aliphatic carbocycles. The minimum absolute atomic E-state index is 0. The van der Waals surface area contributed by atoms with Gasteiger partial charge in [0.1, 0.15) is 12.5 Å². The molecule has 0 aromatic heterocycles. The Kier molecular flexibility index (Phi) is 8.26. The summed E-state index contributed by atoms with van der Waals surface area (Å²) in [5.41, 5.74) is 1.04. The summed E-state index contributed by atoms with van der Waals surface area (Å²) in [4.78, 5) is 12.1. The van der Waals surface area contributed by atoms with Crippen molar-refractivity contribution in [1.82, 2.24) is 0 Å². The number of nitrogens with one attached hydrogen (secondary N) is 2. The van der Waals surface area contributed by atoms with Crippen LogP contribution in [0.2, 0.25) is 0 Å². The number of phenolic OH excluding ortho intramolecular Hbond substituents is 1. The third-order valence-electron chi connectivity index (χ3n) is 3.95. The Hall–Kier alpha value is -2.58. The molecule has 3 aromatic rings. The number of rotatable bonds is 6. The van der Waals surface area contributed by atoms with E-state index in [9.17, 15) is 23.1 Å². The fourth-order valence-corrected chi connectivity index (χ4v) is 2.41. The summed E-state index contributed by atoms with van der Waals surface area (Å²) in [5, 5.41) is 15.2. The van der Waals surface area contributed by atoms with Crippen molar-refractivity contribution in [2.24, 2.45) is 0 Å². The van der Waals surface area contributed by atoms with Crippen molar-refractivity contribution in [3.8, 4) is 11.5 Å². The van der Waals surface area contributed by atoms with Crippen LogP contribution in [0, 0.1) is 30.4 Å². The number of ether oxygens (including phenoxy) is 1. The van der Waals surface area contributed by atoms with E-state index < -0.39 is 28.9 Å². The largest absolute Gasteiger partial charge is 0.531 e. The Bertz CT molecular complexity index is 1020. The average molecular weight is 490 g/mol. The predicted molar refractivity (Wildman–Crippen MR) is 102 cm³/mol. The van der Waals surface area contributed by atoms with E-state index in [0.29, 0.717) is 23.6 Å². The summed E-state index contributed by atoms with van der Waals surface area (Å²) < 4.78 is 45.0. The van der Waals surface area contributed by atoms with E-state index in [-0.39, 0.29) is 50.9 Å².